The Balaban J connectivity index is 1.81. The van der Waals surface area contributed by atoms with Crippen LogP contribution in [-0.2, 0) is 14.2 Å². The van der Waals surface area contributed by atoms with Gasteiger partial charge in [-0.25, -0.2) is 4.79 Å². The molecule has 5 nitrogen and oxygen atoms in total. The molecule has 2 aliphatic heterocycles. The molecule has 0 aromatic carbocycles. The normalized spacial score (nSPS) is 27.2. The first-order valence-corrected chi connectivity index (χ1v) is 7.15. The Morgan fingerprint density at radius 2 is 2.05 bits per heavy atom. The Kier molecular flexibility index (Phi) is 4.68. The SMILES string of the molecule is CC(C)(C)OC(=O)N1CCCC[C@@H]1COC[C@@H]1CO1. The van der Waals surface area contributed by atoms with Crippen LogP contribution in [-0.4, -0.2) is 55.1 Å². The van der Waals surface area contributed by atoms with Crippen molar-refractivity contribution in [3.05, 3.63) is 0 Å². The summed E-state index contributed by atoms with van der Waals surface area (Å²) in [6.45, 7) is 8.47. The highest BCUT2D eigenvalue weighted by molar-refractivity contribution is 5.68. The lowest BCUT2D eigenvalue weighted by Gasteiger charge is -2.36. The van der Waals surface area contributed by atoms with Crippen LogP contribution in [0.2, 0.25) is 0 Å². The van der Waals surface area contributed by atoms with Gasteiger partial charge in [0.05, 0.1) is 25.9 Å². The monoisotopic (exact) mass is 271 g/mol. The third-order valence-electron chi connectivity index (χ3n) is 3.27. The van der Waals surface area contributed by atoms with Crippen molar-refractivity contribution in [2.75, 3.05) is 26.4 Å². The summed E-state index contributed by atoms with van der Waals surface area (Å²) in [5.74, 6) is 0. The van der Waals surface area contributed by atoms with Crippen LogP contribution in [0.4, 0.5) is 4.79 Å². The molecule has 0 bridgehead atoms. The number of nitrogens with zero attached hydrogens (tertiary/aromatic N) is 1. The Morgan fingerprint density at radius 1 is 1.32 bits per heavy atom. The number of carbonyl (C=O) groups is 1. The number of hydrogen-bond donors (Lipinski definition) is 0. The number of carbonyl (C=O) groups excluding carboxylic acids is 1. The van der Waals surface area contributed by atoms with Gasteiger partial charge in [-0.15, -0.1) is 0 Å². The average Bonchev–Trinajstić information content (AvgIpc) is 3.11. The van der Waals surface area contributed by atoms with Gasteiger partial charge in [0.15, 0.2) is 0 Å². The van der Waals surface area contributed by atoms with E-state index in [1.165, 1.54) is 0 Å². The van der Waals surface area contributed by atoms with Gasteiger partial charge in [-0.05, 0) is 40.0 Å². The Morgan fingerprint density at radius 3 is 2.68 bits per heavy atom. The lowest BCUT2D eigenvalue weighted by atomic mass is 10.0. The predicted molar refractivity (Wildman–Crippen MR) is 71.1 cm³/mol. The second-order valence-electron chi connectivity index (χ2n) is 6.32. The molecule has 0 unspecified atom stereocenters. The van der Waals surface area contributed by atoms with E-state index in [4.69, 9.17) is 14.2 Å². The second-order valence-corrected chi connectivity index (χ2v) is 6.32. The summed E-state index contributed by atoms with van der Waals surface area (Å²) in [5.41, 5.74) is -0.443. The minimum atomic E-state index is -0.443. The van der Waals surface area contributed by atoms with Gasteiger partial charge in [-0.2, -0.15) is 0 Å². The molecule has 19 heavy (non-hydrogen) atoms. The first-order valence-electron chi connectivity index (χ1n) is 7.15. The van der Waals surface area contributed by atoms with Gasteiger partial charge in [-0.1, -0.05) is 0 Å². The summed E-state index contributed by atoms with van der Waals surface area (Å²) in [6.07, 6.45) is 3.24. The molecule has 0 N–H and O–H groups in total. The summed E-state index contributed by atoms with van der Waals surface area (Å²) >= 11 is 0. The second kappa shape index (κ2) is 6.09. The molecule has 2 heterocycles. The number of epoxide rings is 1. The van der Waals surface area contributed by atoms with E-state index in [0.717, 1.165) is 32.4 Å². The van der Waals surface area contributed by atoms with E-state index in [9.17, 15) is 4.79 Å². The first-order chi connectivity index (χ1) is 8.96. The van der Waals surface area contributed by atoms with Crippen LogP contribution in [0.1, 0.15) is 40.0 Å². The van der Waals surface area contributed by atoms with Crippen LogP contribution in [0.3, 0.4) is 0 Å². The molecule has 110 valence electrons. The number of hydrogen-bond acceptors (Lipinski definition) is 4. The molecule has 2 saturated heterocycles. The van der Waals surface area contributed by atoms with Crippen molar-refractivity contribution in [1.29, 1.82) is 0 Å². The van der Waals surface area contributed by atoms with Gasteiger partial charge in [-0.3, -0.25) is 0 Å². The lowest BCUT2D eigenvalue weighted by Crippen LogP contribution is -2.48. The fourth-order valence-corrected chi connectivity index (χ4v) is 2.23. The maximum atomic E-state index is 12.2. The van der Waals surface area contributed by atoms with Gasteiger partial charge < -0.3 is 19.1 Å². The summed E-state index contributed by atoms with van der Waals surface area (Å²) in [5, 5.41) is 0. The molecule has 0 aliphatic carbocycles. The third-order valence-corrected chi connectivity index (χ3v) is 3.27. The fraction of sp³-hybridized carbons (Fsp3) is 0.929. The summed E-state index contributed by atoms with van der Waals surface area (Å²) < 4.78 is 16.2. The third kappa shape index (κ3) is 4.99. The van der Waals surface area contributed by atoms with Crippen molar-refractivity contribution in [2.24, 2.45) is 0 Å². The van der Waals surface area contributed by atoms with Gasteiger partial charge in [0.2, 0.25) is 0 Å². The molecule has 2 aliphatic rings. The Hall–Kier alpha value is -0.810. The van der Waals surface area contributed by atoms with E-state index in [0.29, 0.717) is 13.2 Å². The molecular formula is C14H25NO4. The van der Waals surface area contributed by atoms with Crippen molar-refractivity contribution in [2.45, 2.75) is 57.8 Å². The van der Waals surface area contributed by atoms with E-state index >= 15 is 0 Å². The first kappa shape index (κ1) is 14.6. The van der Waals surface area contributed by atoms with Crippen LogP contribution < -0.4 is 0 Å². The summed E-state index contributed by atoms with van der Waals surface area (Å²) in [4.78, 5) is 14.0. The molecule has 0 saturated carbocycles. The topological polar surface area (TPSA) is 51.3 Å². The lowest BCUT2D eigenvalue weighted by molar-refractivity contribution is -0.00905. The fourth-order valence-electron chi connectivity index (χ4n) is 2.23. The Bertz CT molecular complexity index is 309. The molecule has 0 aromatic heterocycles. The van der Waals surface area contributed by atoms with E-state index in [1.807, 2.05) is 25.7 Å². The van der Waals surface area contributed by atoms with Crippen LogP contribution in [0.25, 0.3) is 0 Å². The van der Waals surface area contributed by atoms with E-state index in [1.54, 1.807) is 0 Å². The quantitative estimate of drug-likeness (QED) is 0.735. The number of likely N-dealkylation sites (tertiary alicyclic amines) is 1. The van der Waals surface area contributed by atoms with Crippen molar-refractivity contribution in [3.8, 4) is 0 Å². The zero-order chi connectivity index (χ0) is 13.9. The van der Waals surface area contributed by atoms with Gasteiger partial charge in [0.25, 0.3) is 0 Å². The standard InChI is InChI=1S/C14H25NO4/c1-14(2,3)19-13(16)15-7-5-4-6-11(15)8-17-9-12-10-18-12/h11-12H,4-10H2,1-3H3/t11-,12-/m1/s1. The number of ether oxygens (including phenoxy) is 3. The maximum Gasteiger partial charge on any atom is 0.410 e. The van der Waals surface area contributed by atoms with Crippen LogP contribution in [0.5, 0.6) is 0 Å². The van der Waals surface area contributed by atoms with E-state index < -0.39 is 5.60 Å². The molecule has 0 aromatic rings. The number of rotatable bonds is 4. The highest BCUT2D eigenvalue weighted by Crippen LogP contribution is 2.21. The van der Waals surface area contributed by atoms with Crippen molar-refractivity contribution in [3.63, 3.8) is 0 Å². The molecule has 2 fully saturated rings. The highest BCUT2D eigenvalue weighted by atomic mass is 16.6. The van der Waals surface area contributed by atoms with E-state index in [2.05, 4.69) is 0 Å². The van der Waals surface area contributed by atoms with Gasteiger partial charge >= 0.3 is 6.09 Å². The Labute approximate surface area is 115 Å². The van der Waals surface area contributed by atoms with Crippen molar-refractivity contribution < 1.29 is 19.0 Å². The molecule has 1 amide bonds. The maximum absolute atomic E-state index is 12.2. The number of piperidine rings is 1. The van der Waals surface area contributed by atoms with Crippen molar-refractivity contribution in [1.82, 2.24) is 4.90 Å². The molecule has 2 atom stereocenters. The molecule has 0 spiro atoms. The predicted octanol–water partition coefficient (Wildman–Crippen LogP) is 2.19. The minimum absolute atomic E-state index is 0.141. The van der Waals surface area contributed by atoms with Crippen LogP contribution >= 0.6 is 0 Å². The molecule has 5 heteroatoms. The summed E-state index contributed by atoms with van der Waals surface area (Å²) in [6, 6.07) is 0.141. The average molecular weight is 271 g/mol. The van der Waals surface area contributed by atoms with Crippen LogP contribution in [0.15, 0.2) is 0 Å². The van der Waals surface area contributed by atoms with Gasteiger partial charge in [0.1, 0.15) is 11.7 Å². The van der Waals surface area contributed by atoms with E-state index in [-0.39, 0.29) is 18.2 Å². The minimum Gasteiger partial charge on any atom is -0.444 e. The smallest absolute Gasteiger partial charge is 0.410 e. The molecule has 0 radical (unpaired) electrons. The zero-order valence-electron chi connectivity index (χ0n) is 12.2. The van der Waals surface area contributed by atoms with Gasteiger partial charge in [0, 0.05) is 6.54 Å². The molecule has 2 rings (SSSR count). The number of amides is 1. The van der Waals surface area contributed by atoms with Crippen molar-refractivity contribution >= 4 is 6.09 Å². The largest absolute Gasteiger partial charge is 0.444 e. The molecular weight excluding hydrogens is 246 g/mol. The highest BCUT2D eigenvalue weighted by Gasteiger charge is 2.31. The zero-order valence-corrected chi connectivity index (χ0v) is 12.2. The van der Waals surface area contributed by atoms with Crippen LogP contribution in [0, 0.1) is 0 Å². The summed E-state index contributed by atoms with van der Waals surface area (Å²) in [7, 11) is 0.